The molecule has 0 fully saturated rings. The maximum atomic E-state index is 8.80. The smallest absolute Gasteiger partial charge is 0.169 e. The molecular weight excluding hydrogens is 264 g/mol. The Kier molecular flexibility index (Phi) is 4.68. The molecule has 2 aromatic rings. The van der Waals surface area contributed by atoms with E-state index in [9.17, 15) is 0 Å². The normalized spacial score (nSPS) is 9.95. The third-order valence-electron chi connectivity index (χ3n) is 3.25. The number of hydrogen-bond donors (Lipinski definition) is 1. The summed E-state index contributed by atoms with van der Waals surface area (Å²) in [5, 5.41) is 8.80. The van der Waals surface area contributed by atoms with E-state index in [-0.39, 0.29) is 6.42 Å². The lowest BCUT2D eigenvalue weighted by molar-refractivity contribution is 0.378. The second-order valence-corrected chi connectivity index (χ2v) is 4.64. The van der Waals surface area contributed by atoms with Crippen LogP contribution >= 0.6 is 0 Å². The second-order valence-electron chi connectivity index (χ2n) is 4.64. The highest BCUT2D eigenvalue weighted by Gasteiger charge is 2.08. The van der Waals surface area contributed by atoms with Gasteiger partial charge in [0.25, 0.3) is 0 Å². The average Bonchev–Trinajstić information content (AvgIpc) is 2.51. The lowest BCUT2D eigenvalue weighted by Gasteiger charge is -2.12. The minimum absolute atomic E-state index is 0.259. The molecule has 0 aliphatic heterocycles. The molecule has 4 heteroatoms. The van der Waals surface area contributed by atoms with E-state index in [0.29, 0.717) is 22.9 Å². The Balaban J connectivity index is 2.30. The van der Waals surface area contributed by atoms with Crippen LogP contribution in [0.15, 0.2) is 36.4 Å². The number of nitrogen functional groups attached to an aromatic ring is 1. The van der Waals surface area contributed by atoms with Gasteiger partial charge in [0.2, 0.25) is 0 Å². The Morgan fingerprint density at radius 2 is 1.95 bits per heavy atom. The van der Waals surface area contributed by atoms with E-state index in [2.05, 4.69) is 13.0 Å². The van der Waals surface area contributed by atoms with Crippen molar-refractivity contribution in [2.45, 2.75) is 19.8 Å². The molecule has 0 aromatic heterocycles. The monoisotopic (exact) mass is 282 g/mol. The molecule has 0 amide bonds. The highest BCUT2D eigenvalue weighted by atomic mass is 16.5. The average molecular weight is 282 g/mol. The number of aryl methyl sites for hydroxylation is 1. The van der Waals surface area contributed by atoms with E-state index in [0.717, 1.165) is 12.0 Å². The van der Waals surface area contributed by atoms with E-state index in [1.165, 1.54) is 5.56 Å². The van der Waals surface area contributed by atoms with Gasteiger partial charge in [-0.25, -0.2) is 0 Å². The molecule has 0 atom stereocenters. The highest BCUT2D eigenvalue weighted by Crippen LogP contribution is 2.33. The van der Waals surface area contributed by atoms with Crippen molar-refractivity contribution in [2.75, 3.05) is 12.8 Å². The molecular formula is C17H18N2O2. The molecule has 0 saturated heterocycles. The summed E-state index contributed by atoms with van der Waals surface area (Å²) in [5.41, 5.74) is 8.37. The van der Waals surface area contributed by atoms with Crippen LogP contribution in [0, 0.1) is 11.3 Å². The molecule has 21 heavy (non-hydrogen) atoms. The van der Waals surface area contributed by atoms with Crippen LogP contribution in [0.4, 0.5) is 5.69 Å². The topological polar surface area (TPSA) is 68.3 Å². The zero-order valence-corrected chi connectivity index (χ0v) is 12.2. The van der Waals surface area contributed by atoms with Gasteiger partial charge >= 0.3 is 0 Å². The number of nitrogens with zero attached hydrogens (tertiary/aromatic N) is 1. The number of nitrogens with two attached hydrogens (primary N) is 1. The van der Waals surface area contributed by atoms with Crippen LogP contribution in [0.2, 0.25) is 0 Å². The number of methoxy groups -OCH3 is 1. The number of benzene rings is 2. The van der Waals surface area contributed by atoms with Crippen molar-refractivity contribution in [1.82, 2.24) is 0 Å². The Morgan fingerprint density at radius 3 is 2.62 bits per heavy atom. The first-order valence-corrected chi connectivity index (χ1v) is 6.78. The summed E-state index contributed by atoms with van der Waals surface area (Å²) in [4.78, 5) is 0. The molecule has 0 spiro atoms. The fourth-order valence-corrected chi connectivity index (χ4v) is 2.03. The molecule has 108 valence electrons. The Hall–Kier alpha value is -2.67. The van der Waals surface area contributed by atoms with Gasteiger partial charge in [0, 0.05) is 5.69 Å². The van der Waals surface area contributed by atoms with Crippen molar-refractivity contribution < 1.29 is 9.47 Å². The Labute approximate surface area is 124 Å². The van der Waals surface area contributed by atoms with Crippen molar-refractivity contribution in [1.29, 1.82) is 5.26 Å². The van der Waals surface area contributed by atoms with Crippen LogP contribution in [0.25, 0.3) is 0 Å². The van der Waals surface area contributed by atoms with Crippen molar-refractivity contribution in [3.63, 3.8) is 0 Å². The first kappa shape index (κ1) is 14.7. The van der Waals surface area contributed by atoms with Gasteiger partial charge in [-0.05, 0) is 47.9 Å². The maximum Gasteiger partial charge on any atom is 0.169 e. The van der Waals surface area contributed by atoms with Gasteiger partial charge in [-0.1, -0.05) is 13.0 Å². The molecule has 0 saturated carbocycles. The molecule has 0 aliphatic rings. The molecule has 0 heterocycles. The van der Waals surface area contributed by atoms with Gasteiger partial charge in [0.1, 0.15) is 5.75 Å². The zero-order valence-electron chi connectivity index (χ0n) is 12.2. The Bertz CT molecular complexity index is 675. The van der Waals surface area contributed by atoms with Crippen molar-refractivity contribution in [3.05, 3.63) is 47.5 Å². The maximum absolute atomic E-state index is 8.80. The quantitative estimate of drug-likeness (QED) is 0.849. The molecule has 4 nitrogen and oxygen atoms in total. The number of nitriles is 1. The van der Waals surface area contributed by atoms with Crippen LogP contribution in [-0.2, 0) is 12.8 Å². The summed E-state index contributed by atoms with van der Waals surface area (Å²) in [6, 6.07) is 13.3. The minimum Gasteiger partial charge on any atom is -0.493 e. The third kappa shape index (κ3) is 3.46. The summed E-state index contributed by atoms with van der Waals surface area (Å²) in [6.07, 6.45) is 1.19. The van der Waals surface area contributed by atoms with E-state index >= 15 is 0 Å². The van der Waals surface area contributed by atoms with Gasteiger partial charge in [-0.3, -0.25) is 0 Å². The van der Waals surface area contributed by atoms with E-state index in [1.54, 1.807) is 25.3 Å². The lowest BCUT2D eigenvalue weighted by Crippen LogP contribution is -1.96. The predicted octanol–water partition coefficient (Wildman–Crippen LogP) is 3.70. The van der Waals surface area contributed by atoms with Crippen LogP contribution in [0.5, 0.6) is 17.2 Å². The van der Waals surface area contributed by atoms with Crippen molar-refractivity contribution >= 4 is 5.69 Å². The molecule has 0 unspecified atom stereocenters. The van der Waals surface area contributed by atoms with E-state index in [4.69, 9.17) is 20.5 Å². The van der Waals surface area contributed by atoms with Crippen LogP contribution in [0.3, 0.4) is 0 Å². The molecule has 2 aromatic carbocycles. The number of hydrogen-bond acceptors (Lipinski definition) is 4. The SMILES string of the molecule is CCc1ccc(Oc2ccc(N)c(CC#N)c2)c(OC)c1. The molecule has 0 radical (unpaired) electrons. The van der Waals surface area contributed by atoms with Crippen LogP contribution in [-0.4, -0.2) is 7.11 Å². The van der Waals surface area contributed by atoms with Gasteiger partial charge in [-0.15, -0.1) is 0 Å². The number of rotatable bonds is 5. The van der Waals surface area contributed by atoms with Crippen molar-refractivity contribution in [3.8, 4) is 23.3 Å². The van der Waals surface area contributed by atoms with E-state index in [1.807, 2.05) is 18.2 Å². The summed E-state index contributed by atoms with van der Waals surface area (Å²) < 4.78 is 11.2. The standard InChI is InChI=1S/C17H18N2O2/c1-3-12-4-7-16(17(10-12)20-2)21-14-5-6-15(19)13(11-14)8-9-18/h4-7,10-11H,3,8,19H2,1-2H3. The molecule has 2 N–H and O–H groups in total. The molecule has 0 bridgehead atoms. The third-order valence-corrected chi connectivity index (χ3v) is 3.25. The first-order valence-electron chi connectivity index (χ1n) is 6.78. The number of anilines is 1. The molecule has 0 aliphatic carbocycles. The summed E-state index contributed by atoms with van der Waals surface area (Å²) >= 11 is 0. The van der Waals surface area contributed by atoms with Crippen LogP contribution in [0.1, 0.15) is 18.1 Å². The molecule has 2 rings (SSSR count). The fraction of sp³-hybridized carbons (Fsp3) is 0.235. The Morgan fingerprint density at radius 1 is 1.14 bits per heavy atom. The zero-order chi connectivity index (χ0) is 15.2. The van der Waals surface area contributed by atoms with Gasteiger partial charge < -0.3 is 15.2 Å². The highest BCUT2D eigenvalue weighted by molar-refractivity contribution is 5.53. The van der Waals surface area contributed by atoms with Crippen LogP contribution < -0.4 is 15.2 Å². The van der Waals surface area contributed by atoms with E-state index < -0.39 is 0 Å². The number of ether oxygens (including phenoxy) is 2. The van der Waals surface area contributed by atoms with Gasteiger partial charge in [0.05, 0.1) is 19.6 Å². The summed E-state index contributed by atoms with van der Waals surface area (Å²) in [5.74, 6) is 1.97. The van der Waals surface area contributed by atoms with Crippen molar-refractivity contribution in [2.24, 2.45) is 0 Å². The fourth-order valence-electron chi connectivity index (χ4n) is 2.03. The van der Waals surface area contributed by atoms with Gasteiger partial charge in [-0.2, -0.15) is 5.26 Å². The predicted molar refractivity (Wildman–Crippen MR) is 82.6 cm³/mol. The lowest BCUT2D eigenvalue weighted by atomic mass is 10.1. The first-order chi connectivity index (χ1) is 10.2. The second kappa shape index (κ2) is 6.67. The summed E-state index contributed by atoms with van der Waals surface area (Å²) in [7, 11) is 1.62. The minimum atomic E-state index is 0.259. The summed E-state index contributed by atoms with van der Waals surface area (Å²) in [6.45, 7) is 2.09. The largest absolute Gasteiger partial charge is 0.493 e. The van der Waals surface area contributed by atoms with Gasteiger partial charge in [0.15, 0.2) is 11.5 Å².